The summed E-state index contributed by atoms with van der Waals surface area (Å²) in [6.45, 7) is 4.54. The number of allylic oxidation sites excluding steroid dienone is 1. The van der Waals surface area contributed by atoms with Crippen LogP contribution < -0.4 is 0 Å². The SMILES string of the molecule is [CH-]=CC#N.[Zn+][Br]. The van der Waals surface area contributed by atoms with Crippen LogP contribution in [0.4, 0.5) is 0 Å². The molecule has 0 aromatic heterocycles. The van der Waals surface area contributed by atoms with Gasteiger partial charge in [-0.15, -0.1) is 6.07 Å². The fraction of sp³-hybridized carbons (Fsp3) is 0. The molecule has 28 valence electrons. The maximum atomic E-state index is 7.44. The van der Waals surface area contributed by atoms with E-state index < -0.39 is 0 Å². The predicted molar refractivity (Wildman–Crippen MR) is 23.4 cm³/mol. The van der Waals surface area contributed by atoms with E-state index in [1.54, 1.807) is 6.07 Å². The minimum atomic E-state index is 0.931. The molecule has 0 saturated carbocycles. The standard InChI is InChI=1S/C3H2N.BrH.Zn/c1-2-3-4;;/h1-2H;1H;/q-1;;+2/p-1. The van der Waals surface area contributed by atoms with Crippen LogP contribution in [0, 0.1) is 17.9 Å². The molecule has 0 heterocycles. The monoisotopic (exact) mass is 195 g/mol. The molecule has 0 atom stereocenters. The predicted octanol–water partition coefficient (Wildman–Crippen LogP) is 1.34. The van der Waals surface area contributed by atoms with Gasteiger partial charge in [-0.2, -0.15) is 6.08 Å². The van der Waals surface area contributed by atoms with Crippen molar-refractivity contribution >= 4 is 13.6 Å². The molecule has 0 aliphatic rings. The van der Waals surface area contributed by atoms with Crippen LogP contribution in [0.3, 0.4) is 0 Å². The van der Waals surface area contributed by atoms with Crippen LogP contribution in [-0.2, 0) is 16.3 Å². The van der Waals surface area contributed by atoms with Crippen LogP contribution >= 0.6 is 13.6 Å². The second-order valence-electron chi connectivity index (χ2n) is 0.296. The van der Waals surface area contributed by atoms with E-state index in [1.165, 1.54) is 16.3 Å². The van der Waals surface area contributed by atoms with E-state index in [-0.39, 0.29) is 0 Å². The van der Waals surface area contributed by atoms with E-state index in [0.717, 1.165) is 6.08 Å². The van der Waals surface area contributed by atoms with Gasteiger partial charge in [0, 0.05) is 0 Å². The second-order valence-corrected chi connectivity index (χ2v) is 0.296. The first-order valence-electron chi connectivity index (χ1n) is 1.11. The van der Waals surface area contributed by atoms with E-state index in [1.807, 2.05) is 0 Å². The summed E-state index contributed by atoms with van der Waals surface area (Å²) in [5.41, 5.74) is 0. The third kappa shape index (κ3) is 27.1. The zero-order chi connectivity index (χ0) is 5.41. The first kappa shape index (κ1) is 9.59. The van der Waals surface area contributed by atoms with Crippen LogP contribution in [-0.4, -0.2) is 0 Å². The molecule has 0 aliphatic carbocycles. The van der Waals surface area contributed by atoms with Gasteiger partial charge in [-0.05, 0) is 0 Å². The van der Waals surface area contributed by atoms with Gasteiger partial charge in [0.15, 0.2) is 0 Å². The van der Waals surface area contributed by atoms with Crippen molar-refractivity contribution in [3.63, 3.8) is 0 Å². The molecule has 0 aromatic carbocycles. The maximum absolute atomic E-state index is 7.44. The Hall–Kier alpha value is 0.333. The van der Waals surface area contributed by atoms with Crippen molar-refractivity contribution in [1.82, 2.24) is 0 Å². The van der Waals surface area contributed by atoms with Gasteiger partial charge < -0.3 is 5.26 Å². The topological polar surface area (TPSA) is 23.8 Å². The van der Waals surface area contributed by atoms with E-state index >= 15 is 0 Å². The van der Waals surface area contributed by atoms with Crippen LogP contribution in [0.2, 0.25) is 0 Å². The normalized spacial score (nSPS) is 3.67. The quantitative estimate of drug-likeness (QED) is 0.327. The van der Waals surface area contributed by atoms with Crippen molar-refractivity contribution in [1.29, 1.82) is 5.26 Å². The summed E-state index contributed by atoms with van der Waals surface area (Å²) in [6, 6.07) is 1.58. The van der Waals surface area contributed by atoms with Crippen molar-refractivity contribution in [3.05, 3.63) is 12.7 Å². The van der Waals surface area contributed by atoms with Gasteiger partial charge in [0.2, 0.25) is 0 Å². The summed E-state index contributed by atoms with van der Waals surface area (Å²) >= 11 is 4.25. The van der Waals surface area contributed by atoms with Crippen molar-refractivity contribution in [3.8, 4) is 6.07 Å². The Labute approximate surface area is 54.1 Å². The van der Waals surface area contributed by atoms with Gasteiger partial charge in [0.05, 0.1) is 0 Å². The van der Waals surface area contributed by atoms with Crippen LogP contribution in [0.25, 0.3) is 0 Å². The number of rotatable bonds is 0. The van der Waals surface area contributed by atoms with Crippen LogP contribution in [0.1, 0.15) is 0 Å². The molecule has 0 bridgehead atoms. The number of nitrogens with zero attached hydrogens (tertiary/aromatic N) is 1. The summed E-state index contributed by atoms with van der Waals surface area (Å²) in [5.74, 6) is 0. The molecule has 0 fully saturated rings. The first-order valence-corrected chi connectivity index (χ1v) is 8.06. The molecule has 0 radical (unpaired) electrons. The fourth-order valence-electron chi connectivity index (χ4n) is 0. The van der Waals surface area contributed by atoms with Gasteiger partial charge in [0.25, 0.3) is 0 Å². The summed E-state index contributed by atoms with van der Waals surface area (Å²) in [5, 5.41) is 7.44. The molecule has 0 saturated heterocycles. The molecular weight excluding hydrogens is 195 g/mol. The number of halogens is 1. The molecule has 0 aromatic rings. The third-order valence-electron chi connectivity index (χ3n) is 0.0745. The number of hydrogen-bond donors (Lipinski definition) is 0. The van der Waals surface area contributed by atoms with E-state index in [9.17, 15) is 0 Å². The third-order valence-corrected chi connectivity index (χ3v) is 0.0745. The van der Waals surface area contributed by atoms with Crippen LogP contribution in [0.5, 0.6) is 0 Å². The number of nitriles is 1. The van der Waals surface area contributed by atoms with E-state index in [0.29, 0.717) is 0 Å². The van der Waals surface area contributed by atoms with Crippen molar-refractivity contribution in [2.45, 2.75) is 0 Å². The molecule has 1 nitrogen and oxygen atoms in total. The molecular formula is C3H2BrNZn. The average Bonchev–Trinajstić information content (AvgIpc) is 1.72. The molecule has 0 spiro atoms. The Kier molecular flexibility index (Phi) is 29.4. The van der Waals surface area contributed by atoms with E-state index in [2.05, 4.69) is 20.2 Å². The van der Waals surface area contributed by atoms with Gasteiger partial charge in [0.1, 0.15) is 0 Å². The summed E-state index contributed by atoms with van der Waals surface area (Å²) in [4.78, 5) is 0. The zero-order valence-electron chi connectivity index (χ0n) is 3.19. The van der Waals surface area contributed by atoms with Gasteiger partial charge in [-0.1, -0.05) is 0 Å². The average molecular weight is 197 g/mol. The molecule has 0 rings (SSSR count). The van der Waals surface area contributed by atoms with Crippen molar-refractivity contribution in [2.24, 2.45) is 0 Å². The second kappa shape index (κ2) is 18.4. The Morgan fingerprint density at radius 1 is 1.83 bits per heavy atom. The Morgan fingerprint density at radius 2 is 2.00 bits per heavy atom. The molecule has 6 heavy (non-hydrogen) atoms. The molecule has 0 unspecified atom stereocenters. The molecule has 0 N–H and O–H groups in total. The van der Waals surface area contributed by atoms with Gasteiger partial charge in [-0.25, -0.2) is 0 Å². The van der Waals surface area contributed by atoms with E-state index in [4.69, 9.17) is 5.26 Å². The van der Waals surface area contributed by atoms with Crippen molar-refractivity contribution in [2.75, 3.05) is 0 Å². The molecule has 0 amide bonds. The van der Waals surface area contributed by atoms with Crippen molar-refractivity contribution < 1.29 is 16.3 Å². The Bertz CT molecular complexity index is 56.3. The Balaban J connectivity index is 0. The van der Waals surface area contributed by atoms with Crippen LogP contribution in [0.15, 0.2) is 6.08 Å². The van der Waals surface area contributed by atoms with Gasteiger partial charge >= 0.3 is 30.0 Å². The minimum absolute atomic E-state index is 0.931. The zero-order valence-corrected chi connectivity index (χ0v) is 7.74. The fourth-order valence-corrected chi connectivity index (χ4v) is 0. The summed E-state index contributed by atoms with van der Waals surface area (Å²) < 4.78 is 0. The first-order chi connectivity index (χ1) is 2.91. The molecule has 0 aliphatic heterocycles. The molecule has 3 heteroatoms. The Morgan fingerprint density at radius 3 is 2.00 bits per heavy atom. The van der Waals surface area contributed by atoms with Gasteiger partial charge in [-0.3, -0.25) is 6.58 Å². The summed E-state index contributed by atoms with van der Waals surface area (Å²) in [6.07, 6.45) is 0.931. The number of hydrogen-bond acceptors (Lipinski definition) is 1. The summed E-state index contributed by atoms with van der Waals surface area (Å²) in [7, 11) is 0.